The van der Waals surface area contributed by atoms with Gasteiger partial charge in [-0.3, -0.25) is 9.78 Å². The fourth-order valence-corrected chi connectivity index (χ4v) is 4.07. The number of hydrogen-bond acceptors (Lipinski definition) is 8. The first-order chi connectivity index (χ1) is 16.2. The Hall–Kier alpha value is -3.50. The van der Waals surface area contributed by atoms with Crippen molar-refractivity contribution in [1.29, 1.82) is 0 Å². The van der Waals surface area contributed by atoms with Crippen molar-refractivity contribution < 1.29 is 50.9 Å². The van der Waals surface area contributed by atoms with Gasteiger partial charge in [-0.05, 0) is 25.0 Å². The molecule has 4 rings (SSSR count). The molecule has 2 N–H and O–H groups in total. The molecule has 2 aromatic heterocycles. The molecule has 2 atom stereocenters. The van der Waals surface area contributed by atoms with E-state index >= 15 is 0 Å². The third-order valence-corrected chi connectivity index (χ3v) is 5.57. The van der Waals surface area contributed by atoms with E-state index in [1.54, 1.807) is 41.4 Å². The number of alkyl halides is 6. The summed E-state index contributed by atoms with van der Waals surface area (Å²) in [5.74, 6) is -5.40. The van der Waals surface area contributed by atoms with Crippen LogP contribution in [-0.2, 0) is 9.59 Å². The van der Waals surface area contributed by atoms with E-state index < -0.39 is 24.3 Å². The summed E-state index contributed by atoms with van der Waals surface area (Å²) in [6.07, 6.45) is -4.83. The number of aliphatic carboxylic acids is 2. The topological polar surface area (TPSA) is 137 Å². The molecule has 35 heavy (non-hydrogen) atoms. The van der Waals surface area contributed by atoms with E-state index in [0.29, 0.717) is 6.04 Å². The average Bonchev–Trinajstić information content (AvgIpc) is 3.51. The number of amides is 1. The Bertz CT molecular complexity index is 981. The molecule has 0 aliphatic carbocycles. The number of carboxylic acid groups (broad SMARTS) is 2. The maximum Gasteiger partial charge on any atom is 0.490 e. The Labute approximate surface area is 196 Å². The second-order valence-electron chi connectivity index (χ2n) is 6.97. The monoisotopic (exact) mass is 529 g/mol. The van der Waals surface area contributed by atoms with Crippen LogP contribution in [0.2, 0.25) is 0 Å². The van der Waals surface area contributed by atoms with Crippen molar-refractivity contribution in [2.45, 2.75) is 37.3 Å². The lowest BCUT2D eigenvalue weighted by molar-refractivity contribution is -0.193. The number of aromatic nitrogens is 3. The molecular weight excluding hydrogens is 512 g/mol. The van der Waals surface area contributed by atoms with E-state index in [-0.39, 0.29) is 11.9 Å². The minimum atomic E-state index is -5.08. The molecule has 192 valence electrons. The van der Waals surface area contributed by atoms with Gasteiger partial charge in [0.15, 0.2) is 0 Å². The first-order valence-electron chi connectivity index (χ1n) is 9.57. The molecule has 2 aromatic rings. The SMILES string of the molecule is O=C(O)C(F)(F)F.O=C(O)C(F)(F)F.O=C(c1ccncc1)N1CC[C@H]2[C@H]1CCN2c1nncs1. The maximum atomic E-state index is 12.6. The van der Waals surface area contributed by atoms with E-state index in [4.69, 9.17) is 19.8 Å². The van der Waals surface area contributed by atoms with Crippen LogP contribution in [0.3, 0.4) is 0 Å². The van der Waals surface area contributed by atoms with E-state index in [0.717, 1.165) is 36.6 Å². The molecule has 0 spiro atoms. The number of carbonyl (C=O) groups excluding carboxylic acids is 1. The normalized spacial score (nSPS) is 19.1. The molecule has 0 unspecified atom stereocenters. The van der Waals surface area contributed by atoms with Gasteiger partial charge >= 0.3 is 24.3 Å². The summed E-state index contributed by atoms with van der Waals surface area (Å²) in [7, 11) is 0. The van der Waals surface area contributed by atoms with Crippen molar-refractivity contribution in [1.82, 2.24) is 20.1 Å². The van der Waals surface area contributed by atoms with Gasteiger partial charge in [-0.2, -0.15) is 26.3 Å². The third-order valence-electron chi connectivity index (χ3n) is 4.84. The summed E-state index contributed by atoms with van der Waals surface area (Å²) in [6, 6.07) is 4.23. The van der Waals surface area contributed by atoms with Gasteiger partial charge in [0.2, 0.25) is 5.13 Å². The lowest BCUT2D eigenvalue weighted by Gasteiger charge is -2.25. The van der Waals surface area contributed by atoms with Crippen molar-refractivity contribution in [2.24, 2.45) is 0 Å². The lowest BCUT2D eigenvalue weighted by Crippen LogP contribution is -2.39. The Morgan fingerprint density at radius 3 is 1.89 bits per heavy atom. The molecule has 17 heteroatoms. The largest absolute Gasteiger partial charge is 0.490 e. The average molecular weight is 529 g/mol. The van der Waals surface area contributed by atoms with Crippen molar-refractivity contribution in [3.05, 3.63) is 35.6 Å². The molecular formula is C18H17F6N5O5S. The molecule has 2 fully saturated rings. The van der Waals surface area contributed by atoms with Gasteiger partial charge in [-0.15, -0.1) is 10.2 Å². The summed E-state index contributed by atoms with van der Waals surface area (Å²) < 4.78 is 63.5. The van der Waals surface area contributed by atoms with Crippen LogP contribution in [0, 0.1) is 0 Å². The maximum absolute atomic E-state index is 12.6. The van der Waals surface area contributed by atoms with Gasteiger partial charge in [-0.25, -0.2) is 9.59 Å². The standard InChI is InChI=1S/C14H15N5OS.2C2HF3O2/c20-13(10-1-5-15-6-2-10)18-7-3-12-11(18)4-8-19(12)14-17-16-9-21-14;2*3-2(4,5)1(6)7/h1-2,5-6,9,11-12H,3-4,7-8H2;2*(H,6,7)/t11-,12+;;/m1../s1. The third kappa shape index (κ3) is 7.49. The summed E-state index contributed by atoms with van der Waals surface area (Å²) in [5.41, 5.74) is 2.48. The Balaban J connectivity index is 0.000000257. The number of carboxylic acids is 2. The fraction of sp³-hybridized carbons (Fsp3) is 0.444. The van der Waals surface area contributed by atoms with Crippen LogP contribution in [-0.4, -0.2) is 85.7 Å². The van der Waals surface area contributed by atoms with E-state index in [2.05, 4.69) is 20.1 Å². The van der Waals surface area contributed by atoms with E-state index in [1.165, 1.54) is 0 Å². The van der Waals surface area contributed by atoms with Gasteiger partial charge in [0.1, 0.15) is 5.51 Å². The Morgan fingerprint density at radius 1 is 0.914 bits per heavy atom. The quantitative estimate of drug-likeness (QED) is 0.563. The van der Waals surface area contributed by atoms with E-state index in [1.807, 2.05) is 4.90 Å². The van der Waals surface area contributed by atoms with E-state index in [9.17, 15) is 31.1 Å². The van der Waals surface area contributed by atoms with Gasteiger partial charge in [0, 0.05) is 31.0 Å². The van der Waals surface area contributed by atoms with Crippen LogP contribution in [0.4, 0.5) is 31.5 Å². The molecule has 2 aliphatic heterocycles. The zero-order valence-electron chi connectivity index (χ0n) is 17.4. The molecule has 0 bridgehead atoms. The number of halogens is 6. The van der Waals surface area contributed by atoms with Crippen molar-refractivity contribution in [2.75, 3.05) is 18.0 Å². The first-order valence-corrected chi connectivity index (χ1v) is 10.5. The molecule has 1 amide bonds. The highest BCUT2D eigenvalue weighted by Crippen LogP contribution is 2.36. The Kier molecular flexibility index (Phi) is 8.94. The molecule has 4 heterocycles. The number of anilines is 1. The predicted molar refractivity (Wildman–Crippen MR) is 107 cm³/mol. The minimum absolute atomic E-state index is 0.115. The van der Waals surface area contributed by atoms with Crippen LogP contribution in [0.15, 0.2) is 30.0 Å². The van der Waals surface area contributed by atoms with Crippen LogP contribution in [0.25, 0.3) is 0 Å². The molecule has 0 radical (unpaired) electrons. The second-order valence-corrected chi connectivity index (χ2v) is 7.78. The highest BCUT2D eigenvalue weighted by Gasteiger charge is 2.45. The molecule has 2 aliphatic rings. The van der Waals surface area contributed by atoms with Crippen LogP contribution in [0.5, 0.6) is 0 Å². The number of carbonyl (C=O) groups is 3. The van der Waals surface area contributed by atoms with Crippen molar-refractivity contribution in [3.8, 4) is 0 Å². The first kappa shape index (κ1) is 27.7. The summed E-state index contributed by atoms with van der Waals surface area (Å²) >= 11 is 1.57. The van der Waals surface area contributed by atoms with Gasteiger partial charge in [0.25, 0.3) is 5.91 Å². The lowest BCUT2D eigenvalue weighted by atomic mass is 10.1. The number of pyridine rings is 1. The fourth-order valence-electron chi connectivity index (χ4n) is 3.43. The van der Waals surface area contributed by atoms with Gasteiger partial charge in [0.05, 0.1) is 12.1 Å². The zero-order chi connectivity index (χ0) is 26.4. The minimum Gasteiger partial charge on any atom is -0.475 e. The summed E-state index contributed by atoms with van der Waals surface area (Å²) in [6.45, 7) is 1.76. The molecule has 0 saturated carbocycles. The van der Waals surface area contributed by atoms with Crippen molar-refractivity contribution in [3.63, 3.8) is 0 Å². The van der Waals surface area contributed by atoms with Gasteiger partial charge in [-0.1, -0.05) is 11.3 Å². The van der Waals surface area contributed by atoms with Gasteiger partial charge < -0.3 is 20.0 Å². The summed E-state index contributed by atoms with van der Waals surface area (Å²) in [4.78, 5) is 38.7. The number of hydrogen-bond donors (Lipinski definition) is 2. The second kappa shape index (κ2) is 11.3. The number of likely N-dealkylation sites (tertiary alicyclic amines) is 1. The smallest absolute Gasteiger partial charge is 0.475 e. The molecule has 0 aromatic carbocycles. The van der Waals surface area contributed by atoms with Crippen LogP contribution < -0.4 is 4.90 Å². The highest BCUT2D eigenvalue weighted by molar-refractivity contribution is 7.13. The van der Waals surface area contributed by atoms with Crippen LogP contribution >= 0.6 is 11.3 Å². The molecule has 10 nitrogen and oxygen atoms in total. The Morgan fingerprint density at radius 2 is 1.43 bits per heavy atom. The predicted octanol–water partition coefficient (Wildman–Crippen LogP) is 2.69. The molecule has 2 saturated heterocycles. The number of fused-ring (bicyclic) bond motifs is 1. The zero-order valence-corrected chi connectivity index (χ0v) is 18.2. The summed E-state index contributed by atoms with van der Waals surface area (Å²) in [5, 5.41) is 23.3. The number of rotatable bonds is 2. The van der Waals surface area contributed by atoms with Crippen LogP contribution in [0.1, 0.15) is 23.2 Å². The highest BCUT2D eigenvalue weighted by atomic mass is 32.1. The number of nitrogens with zero attached hydrogens (tertiary/aromatic N) is 5. The van der Waals surface area contributed by atoms with Crippen molar-refractivity contribution >= 4 is 34.3 Å².